The van der Waals surface area contributed by atoms with Gasteiger partial charge in [-0.1, -0.05) is 41.1 Å². The minimum absolute atomic E-state index is 0.547. The summed E-state index contributed by atoms with van der Waals surface area (Å²) in [6.45, 7) is 3.47. The molecule has 0 atom stereocenters. The molecule has 0 fully saturated rings. The third kappa shape index (κ3) is 3.58. The molecule has 0 bridgehead atoms. The highest BCUT2D eigenvalue weighted by atomic mass is 79.9. The first-order valence-electron chi connectivity index (χ1n) is 6.78. The van der Waals surface area contributed by atoms with Gasteiger partial charge in [0.05, 0.1) is 0 Å². The van der Waals surface area contributed by atoms with Gasteiger partial charge in [-0.25, -0.2) is 4.98 Å². The first kappa shape index (κ1) is 15.0. The number of aryl methyl sites for hydroxylation is 1. The zero-order valence-electron chi connectivity index (χ0n) is 11.9. The summed E-state index contributed by atoms with van der Waals surface area (Å²) in [4.78, 5) is 6.83. The number of aromatic nitrogens is 1. The Balaban J connectivity index is 2.24. The monoisotopic (exact) mass is 333 g/mol. The van der Waals surface area contributed by atoms with Crippen molar-refractivity contribution in [1.82, 2.24) is 4.98 Å². The van der Waals surface area contributed by atoms with Gasteiger partial charge in [0, 0.05) is 30.3 Å². The van der Waals surface area contributed by atoms with Gasteiger partial charge in [-0.2, -0.15) is 0 Å². The summed E-state index contributed by atoms with van der Waals surface area (Å²) in [6, 6.07) is 12.4. The molecule has 2 rings (SSSR count). The molecule has 0 aliphatic carbocycles. The standard InChI is InChI=1S/C16H20BrN3/c1-3-14-8-12(10-18)9-16(19-14)20(2)11-13-6-4-5-7-15(13)17/h4-9H,3,10-11,18H2,1-2H3. The lowest BCUT2D eigenvalue weighted by Gasteiger charge is -2.20. The van der Waals surface area contributed by atoms with Crippen molar-refractivity contribution in [2.45, 2.75) is 26.4 Å². The molecule has 0 saturated heterocycles. The number of rotatable bonds is 5. The summed E-state index contributed by atoms with van der Waals surface area (Å²) in [7, 11) is 2.06. The predicted octanol–water partition coefficient (Wildman–Crippen LogP) is 3.50. The molecule has 2 aromatic rings. The molecule has 106 valence electrons. The zero-order valence-corrected chi connectivity index (χ0v) is 13.5. The van der Waals surface area contributed by atoms with Gasteiger partial charge in [0.1, 0.15) is 5.82 Å². The Morgan fingerprint density at radius 3 is 2.65 bits per heavy atom. The molecule has 0 aliphatic rings. The van der Waals surface area contributed by atoms with Crippen molar-refractivity contribution in [3.63, 3.8) is 0 Å². The van der Waals surface area contributed by atoms with Gasteiger partial charge in [-0.3, -0.25) is 0 Å². The smallest absolute Gasteiger partial charge is 0.129 e. The van der Waals surface area contributed by atoms with E-state index in [1.165, 1.54) is 5.56 Å². The largest absolute Gasteiger partial charge is 0.355 e. The molecule has 1 heterocycles. The summed E-state index contributed by atoms with van der Waals surface area (Å²) in [6.07, 6.45) is 0.920. The van der Waals surface area contributed by atoms with Crippen molar-refractivity contribution in [2.24, 2.45) is 5.73 Å². The molecule has 0 saturated carbocycles. The topological polar surface area (TPSA) is 42.1 Å². The van der Waals surface area contributed by atoms with Crippen molar-refractivity contribution in [3.05, 3.63) is 57.7 Å². The van der Waals surface area contributed by atoms with E-state index in [4.69, 9.17) is 5.73 Å². The number of halogens is 1. The maximum Gasteiger partial charge on any atom is 0.129 e. The molecule has 2 N–H and O–H groups in total. The van der Waals surface area contributed by atoms with Crippen LogP contribution >= 0.6 is 15.9 Å². The fourth-order valence-corrected chi connectivity index (χ4v) is 2.50. The van der Waals surface area contributed by atoms with Crippen LogP contribution in [0.25, 0.3) is 0 Å². The van der Waals surface area contributed by atoms with Crippen LogP contribution in [-0.2, 0) is 19.5 Å². The lowest BCUT2D eigenvalue weighted by Crippen LogP contribution is -2.19. The number of pyridine rings is 1. The Kier molecular flexibility index (Phi) is 5.15. The SMILES string of the molecule is CCc1cc(CN)cc(N(C)Cc2ccccc2Br)n1. The van der Waals surface area contributed by atoms with E-state index in [0.717, 1.165) is 34.5 Å². The maximum absolute atomic E-state index is 5.77. The van der Waals surface area contributed by atoms with Gasteiger partial charge in [-0.05, 0) is 35.7 Å². The molecule has 0 radical (unpaired) electrons. The molecule has 3 nitrogen and oxygen atoms in total. The van der Waals surface area contributed by atoms with E-state index in [1.807, 2.05) is 6.07 Å². The Hall–Kier alpha value is -1.39. The van der Waals surface area contributed by atoms with Crippen molar-refractivity contribution >= 4 is 21.7 Å². The van der Waals surface area contributed by atoms with E-state index < -0.39 is 0 Å². The van der Waals surface area contributed by atoms with Crippen molar-refractivity contribution in [1.29, 1.82) is 0 Å². The van der Waals surface area contributed by atoms with E-state index in [9.17, 15) is 0 Å². The summed E-state index contributed by atoms with van der Waals surface area (Å²) < 4.78 is 1.12. The van der Waals surface area contributed by atoms with E-state index in [0.29, 0.717) is 6.54 Å². The molecule has 4 heteroatoms. The van der Waals surface area contributed by atoms with Crippen LogP contribution < -0.4 is 10.6 Å². The highest BCUT2D eigenvalue weighted by Crippen LogP contribution is 2.21. The molecule has 1 aromatic heterocycles. The van der Waals surface area contributed by atoms with Crippen LogP contribution in [0.15, 0.2) is 40.9 Å². The average Bonchev–Trinajstić information content (AvgIpc) is 2.48. The van der Waals surface area contributed by atoms with Crippen LogP contribution in [0.5, 0.6) is 0 Å². The number of benzene rings is 1. The van der Waals surface area contributed by atoms with Crippen LogP contribution in [0.1, 0.15) is 23.7 Å². The van der Waals surface area contributed by atoms with E-state index in [2.05, 4.69) is 70.1 Å². The Bertz CT molecular complexity index is 561. The highest BCUT2D eigenvalue weighted by Gasteiger charge is 2.08. The fraction of sp³-hybridized carbons (Fsp3) is 0.312. The summed E-state index contributed by atoms with van der Waals surface area (Å²) in [5.41, 5.74) is 9.22. The van der Waals surface area contributed by atoms with Crippen LogP contribution in [0.4, 0.5) is 5.82 Å². The minimum atomic E-state index is 0.547. The number of hydrogen-bond donors (Lipinski definition) is 1. The molecule has 0 unspecified atom stereocenters. The fourth-order valence-electron chi connectivity index (χ4n) is 2.09. The van der Waals surface area contributed by atoms with Crippen LogP contribution in [0.2, 0.25) is 0 Å². The van der Waals surface area contributed by atoms with E-state index in [1.54, 1.807) is 0 Å². The van der Waals surface area contributed by atoms with Crippen LogP contribution in [0.3, 0.4) is 0 Å². The van der Waals surface area contributed by atoms with Gasteiger partial charge in [0.15, 0.2) is 0 Å². The minimum Gasteiger partial charge on any atom is -0.355 e. The second kappa shape index (κ2) is 6.86. The molecule has 0 spiro atoms. The van der Waals surface area contributed by atoms with Crippen LogP contribution in [0, 0.1) is 0 Å². The van der Waals surface area contributed by atoms with E-state index >= 15 is 0 Å². The number of nitrogens with two attached hydrogens (primary N) is 1. The highest BCUT2D eigenvalue weighted by molar-refractivity contribution is 9.10. The van der Waals surface area contributed by atoms with Gasteiger partial charge in [0.2, 0.25) is 0 Å². The molecular formula is C16H20BrN3. The average molecular weight is 334 g/mol. The van der Waals surface area contributed by atoms with Gasteiger partial charge < -0.3 is 10.6 Å². The van der Waals surface area contributed by atoms with Gasteiger partial charge >= 0.3 is 0 Å². The molecule has 20 heavy (non-hydrogen) atoms. The zero-order chi connectivity index (χ0) is 14.5. The van der Waals surface area contributed by atoms with Crippen molar-refractivity contribution in [2.75, 3.05) is 11.9 Å². The second-order valence-corrected chi connectivity index (χ2v) is 5.68. The number of nitrogens with zero attached hydrogens (tertiary/aromatic N) is 2. The summed E-state index contributed by atoms with van der Waals surface area (Å²) in [5.74, 6) is 0.973. The maximum atomic E-state index is 5.77. The molecule has 0 amide bonds. The summed E-state index contributed by atoms with van der Waals surface area (Å²) >= 11 is 3.59. The van der Waals surface area contributed by atoms with Gasteiger partial charge in [-0.15, -0.1) is 0 Å². The molecular weight excluding hydrogens is 314 g/mol. The lowest BCUT2D eigenvalue weighted by molar-refractivity contribution is 0.872. The van der Waals surface area contributed by atoms with Crippen molar-refractivity contribution < 1.29 is 0 Å². The lowest BCUT2D eigenvalue weighted by atomic mass is 10.1. The quantitative estimate of drug-likeness (QED) is 0.910. The Morgan fingerprint density at radius 1 is 1.25 bits per heavy atom. The first-order chi connectivity index (χ1) is 9.63. The second-order valence-electron chi connectivity index (χ2n) is 4.83. The normalized spacial score (nSPS) is 10.6. The van der Waals surface area contributed by atoms with Gasteiger partial charge in [0.25, 0.3) is 0 Å². The Labute approximate surface area is 129 Å². The molecule has 0 aliphatic heterocycles. The molecule has 1 aromatic carbocycles. The number of anilines is 1. The third-order valence-electron chi connectivity index (χ3n) is 3.28. The summed E-state index contributed by atoms with van der Waals surface area (Å²) in [5, 5.41) is 0. The predicted molar refractivity (Wildman–Crippen MR) is 87.8 cm³/mol. The Morgan fingerprint density at radius 2 is 2.00 bits per heavy atom. The van der Waals surface area contributed by atoms with E-state index in [-0.39, 0.29) is 0 Å². The first-order valence-corrected chi connectivity index (χ1v) is 7.57. The third-order valence-corrected chi connectivity index (χ3v) is 4.05. The number of hydrogen-bond acceptors (Lipinski definition) is 3. The van der Waals surface area contributed by atoms with Crippen molar-refractivity contribution in [3.8, 4) is 0 Å². The van der Waals surface area contributed by atoms with Crippen LogP contribution in [-0.4, -0.2) is 12.0 Å².